The number of nitrogens with zero attached hydrogens (tertiary/aromatic N) is 2. The van der Waals surface area contributed by atoms with Gasteiger partial charge in [0, 0.05) is 5.92 Å². The number of furan rings is 1. The van der Waals surface area contributed by atoms with E-state index in [0.29, 0.717) is 5.76 Å². The van der Waals surface area contributed by atoms with Crippen molar-refractivity contribution in [2.24, 2.45) is 0 Å². The van der Waals surface area contributed by atoms with Crippen molar-refractivity contribution in [3.63, 3.8) is 0 Å². The Bertz CT molecular complexity index is 501. The van der Waals surface area contributed by atoms with Crippen LogP contribution in [0.3, 0.4) is 0 Å². The Morgan fingerprint density at radius 1 is 1.38 bits per heavy atom. The third-order valence-electron chi connectivity index (χ3n) is 2.06. The summed E-state index contributed by atoms with van der Waals surface area (Å²) < 4.78 is 9.75. The lowest BCUT2D eigenvalue weighted by Gasteiger charge is -2.03. The lowest BCUT2D eigenvalue weighted by molar-refractivity contribution is 0.0597. The molecule has 0 saturated carbocycles. The zero-order valence-corrected chi connectivity index (χ0v) is 9.20. The first-order chi connectivity index (χ1) is 7.56. The average Bonchev–Trinajstić information content (AvgIpc) is 2.66. The molecule has 0 spiro atoms. The molecule has 16 heavy (non-hydrogen) atoms. The smallest absolute Gasteiger partial charge is 0.342 e. The molecule has 0 N–H and O–H groups in total. The number of carbonyl (C=O) groups is 1. The van der Waals surface area contributed by atoms with E-state index < -0.39 is 5.97 Å². The first kappa shape index (κ1) is 11.8. The van der Waals surface area contributed by atoms with E-state index in [1.807, 2.05) is 0 Å². The topological polar surface area (TPSA) is 87.0 Å². The lowest BCUT2D eigenvalue weighted by atomic mass is 10.0. The van der Waals surface area contributed by atoms with Gasteiger partial charge in [-0.25, -0.2) is 4.79 Å². The SMILES string of the molecule is COC(=O)c1c(C(C)C)oc(C#N)c1C#N. The van der Waals surface area contributed by atoms with Gasteiger partial charge in [0.25, 0.3) is 0 Å². The van der Waals surface area contributed by atoms with Crippen molar-refractivity contribution in [3.05, 3.63) is 22.6 Å². The number of esters is 1. The molecule has 1 rings (SSSR count). The molecule has 0 unspecified atom stereocenters. The molecule has 0 amide bonds. The maximum Gasteiger partial charge on any atom is 0.342 e. The predicted molar refractivity (Wildman–Crippen MR) is 53.6 cm³/mol. The molecule has 0 aliphatic heterocycles. The van der Waals surface area contributed by atoms with Gasteiger partial charge in [-0.2, -0.15) is 10.5 Å². The highest BCUT2D eigenvalue weighted by Gasteiger charge is 2.27. The normalized spacial score (nSPS) is 9.62. The van der Waals surface area contributed by atoms with Gasteiger partial charge in [0.15, 0.2) is 0 Å². The molecule has 0 aliphatic rings. The van der Waals surface area contributed by atoms with Crippen LogP contribution in [0.2, 0.25) is 0 Å². The van der Waals surface area contributed by atoms with Crippen LogP contribution in [0.1, 0.15) is 47.2 Å². The zero-order chi connectivity index (χ0) is 12.3. The number of nitriles is 2. The van der Waals surface area contributed by atoms with Gasteiger partial charge in [-0.05, 0) is 0 Å². The number of carbonyl (C=O) groups excluding carboxylic acids is 1. The van der Waals surface area contributed by atoms with E-state index in [9.17, 15) is 4.79 Å². The summed E-state index contributed by atoms with van der Waals surface area (Å²) in [5.41, 5.74) is -0.00500. The van der Waals surface area contributed by atoms with Crippen LogP contribution in [-0.4, -0.2) is 13.1 Å². The van der Waals surface area contributed by atoms with E-state index in [1.54, 1.807) is 26.0 Å². The highest BCUT2D eigenvalue weighted by molar-refractivity contribution is 5.94. The molecule has 0 radical (unpaired) electrons. The Labute approximate surface area is 92.8 Å². The number of rotatable bonds is 2. The predicted octanol–water partition coefficient (Wildman–Crippen LogP) is 1.93. The fourth-order valence-electron chi connectivity index (χ4n) is 1.35. The minimum atomic E-state index is -0.662. The summed E-state index contributed by atoms with van der Waals surface area (Å²) in [6.45, 7) is 3.60. The molecule has 0 fully saturated rings. The average molecular weight is 218 g/mol. The van der Waals surface area contributed by atoms with Crippen molar-refractivity contribution in [1.29, 1.82) is 10.5 Å². The second-order valence-corrected chi connectivity index (χ2v) is 3.42. The maximum atomic E-state index is 11.5. The van der Waals surface area contributed by atoms with Gasteiger partial charge in [-0.15, -0.1) is 0 Å². The van der Waals surface area contributed by atoms with Crippen LogP contribution in [0.4, 0.5) is 0 Å². The fraction of sp³-hybridized carbons (Fsp3) is 0.364. The Hall–Kier alpha value is -2.27. The third-order valence-corrected chi connectivity index (χ3v) is 2.06. The number of methoxy groups -OCH3 is 1. The van der Waals surface area contributed by atoms with Crippen molar-refractivity contribution < 1.29 is 13.9 Å². The number of hydrogen-bond acceptors (Lipinski definition) is 5. The van der Waals surface area contributed by atoms with E-state index in [1.165, 1.54) is 7.11 Å². The van der Waals surface area contributed by atoms with Gasteiger partial charge >= 0.3 is 5.97 Å². The van der Waals surface area contributed by atoms with Gasteiger partial charge in [0.05, 0.1) is 7.11 Å². The Morgan fingerprint density at radius 3 is 2.38 bits per heavy atom. The first-order valence-electron chi connectivity index (χ1n) is 4.62. The Balaban J connectivity index is 3.54. The summed E-state index contributed by atoms with van der Waals surface area (Å²) in [6.07, 6.45) is 0. The molecule has 5 nitrogen and oxygen atoms in total. The summed E-state index contributed by atoms with van der Waals surface area (Å²) in [6, 6.07) is 3.53. The van der Waals surface area contributed by atoms with Crippen LogP contribution >= 0.6 is 0 Å². The highest BCUT2D eigenvalue weighted by Crippen LogP contribution is 2.28. The van der Waals surface area contributed by atoms with Gasteiger partial charge in [0.2, 0.25) is 5.76 Å². The summed E-state index contributed by atoms with van der Waals surface area (Å²) in [5.74, 6) is -0.611. The van der Waals surface area contributed by atoms with Gasteiger partial charge in [-0.3, -0.25) is 0 Å². The molecule has 82 valence electrons. The van der Waals surface area contributed by atoms with Gasteiger partial charge in [-0.1, -0.05) is 13.8 Å². The van der Waals surface area contributed by atoms with Crippen LogP contribution < -0.4 is 0 Å². The van der Waals surface area contributed by atoms with E-state index in [-0.39, 0.29) is 22.8 Å². The van der Waals surface area contributed by atoms with E-state index in [0.717, 1.165) is 0 Å². The molecule has 0 atom stereocenters. The van der Waals surface area contributed by atoms with Crippen LogP contribution in [0, 0.1) is 22.7 Å². The molecular weight excluding hydrogens is 208 g/mol. The second-order valence-electron chi connectivity index (χ2n) is 3.42. The molecule has 1 heterocycles. The van der Waals surface area contributed by atoms with Crippen molar-refractivity contribution in [1.82, 2.24) is 0 Å². The third kappa shape index (κ3) is 1.76. The molecule has 1 aromatic heterocycles. The lowest BCUT2D eigenvalue weighted by Crippen LogP contribution is -2.06. The molecule has 0 aromatic carbocycles. The Kier molecular flexibility index (Phi) is 3.32. The van der Waals surface area contributed by atoms with E-state index in [2.05, 4.69) is 4.74 Å². The van der Waals surface area contributed by atoms with E-state index >= 15 is 0 Å². The first-order valence-corrected chi connectivity index (χ1v) is 4.62. The van der Waals surface area contributed by atoms with E-state index in [4.69, 9.17) is 14.9 Å². The number of hydrogen-bond donors (Lipinski definition) is 0. The maximum absolute atomic E-state index is 11.5. The van der Waals surface area contributed by atoms with Gasteiger partial charge in [0.1, 0.15) is 29.0 Å². The van der Waals surface area contributed by atoms with Crippen LogP contribution in [-0.2, 0) is 4.74 Å². The molecular formula is C11H10N2O3. The summed E-state index contributed by atoms with van der Waals surface area (Å²) in [7, 11) is 1.21. The standard InChI is InChI=1S/C11H10N2O3/c1-6(2)10-9(11(14)15-3)7(4-12)8(5-13)16-10/h6H,1-3H3. The van der Waals surface area contributed by atoms with Crippen molar-refractivity contribution in [2.45, 2.75) is 19.8 Å². The molecule has 0 saturated heterocycles. The summed E-state index contributed by atoms with van der Waals surface area (Å²) in [4.78, 5) is 11.5. The van der Waals surface area contributed by atoms with Crippen molar-refractivity contribution >= 4 is 5.97 Å². The Morgan fingerprint density at radius 2 is 2.00 bits per heavy atom. The fourth-order valence-corrected chi connectivity index (χ4v) is 1.35. The second kappa shape index (κ2) is 4.50. The zero-order valence-electron chi connectivity index (χ0n) is 9.20. The molecule has 1 aromatic rings. The van der Waals surface area contributed by atoms with Crippen LogP contribution in [0.25, 0.3) is 0 Å². The molecule has 5 heteroatoms. The number of ether oxygens (including phenoxy) is 1. The quantitative estimate of drug-likeness (QED) is 0.708. The van der Waals surface area contributed by atoms with Crippen LogP contribution in [0.15, 0.2) is 4.42 Å². The summed E-state index contributed by atoms with van der Waals surface area (Å²) in [5, 5.41) is 17.7. The minimum Gasteiger partial charge on any atom is -0.465 e. The van der Waals surface area contributed by atoms with Crippen LogP contribution in [0.5, 0.6) is 0 Å². The van der Waals surface area contributed by atoms with Crippen molar-refractivity contribution in [3.8, 4) is 12.1 Å². The van der Waals surface area contributed by atoms with Gasteiger partial charge < -0.3 is 9.15 Å². The molecule has 0 bridgehead atoms. The van der Waals surface area contributed by atoms with Crippen molar-refractivity contribution in [2.75, 3.05) is 7.11 Å². The minimum absolute atomic E-state index is 0.0524. The largest absolute Gasteiger partial charge is 0.465 e. The molecule has 0 aliphatic carbocycles. The monoisotopic (exact) mass is 218 g/mol. The highest BCUT2D eigenvalue weighted by atomic mass is 16.5. The summed E-state index contributed by atoms with van der Waals surface area (Å²) >= 11 is 0.